The number of carbonyl (C=O) groups is 2. The van der Waals surface area contributed by atoms with Gasteiger partial charge in [0, 0.05) is 44.3 Å². The summed E-state index contributed by atoms with van der Waals surface area (Å²) in [5.41, 5.74) is 2.62. The summed E-state index contributed by atoms with van der Waals surface area (Å²) in [5.74, 6) is -5.77. The van der Waals surface area contributed by atoms with Crippen molar-refractivity contribution in [3.05, 3.63) is 47.5 Å². The van der Waals surface area contributed by atoms with Gasteiger partial charge in [0.1, 0.15) is 11.5 Å². The summed E-state index contributed by atoms with van der Waals surface area (Å²) in [6.45, 7) is 3.84. The molecule has 232 valence electrons. The number of fused-ring (bicyclic) bond motifs is 1. The van der Waals surface area contributed by atoms with E-state index >= 15 is 0 Å². The molecule has 3 saturated carbocycles. The summed E-state index contributed by atoms with van der Waals surface area (Å²) in [7, 11) is 0. The number of aromatic amines is 1. The monoisotopic (exact) mass is 602 g/mol. The van der Waals surface area contributed by atoms with Gasteiger partial charge < -0.3 is 15.6 Å². The summed E-state index contributed by atoms with van der Waals surface area (Å²) >= 11 is 0. The molecule has 1 aromatic carbocycles. The first-order valence-electron chi connectivity index (χ1n) is 15.2. The van der Waals surface area contributed by atoms with Gasteiger partial charge in [-0.3, -0.25) is 14.3 Å². The maximum atomic E-state index is 14.1. The first-order chi connectivity index (χ1) is 20.4. The van der Waals surface area contributed by atoms with Gasteiger partial charge in [0.2, 0.25) is 17.8 Å². The van der Waals surface area contributed by atoms with Crippen molar-refractivity contribution in [3.63, 3.8) is 0 Å². The number of H-pyrrole nitrogens is 1. The van der Waals surface area contributed by atoms with Crippen molar-refractivity contribution in [1.82, 2.24) is 30.4 Å². The maximum absolute atomic E-state index is 14.1. The molecule has 3 fully saturated rings. The molecule has 3 N–H and O–H groups in total. The standard InChI is InChI=1S/C31H38F4N6O2/c1-17(2)41-25(8-10-36-41)29(43)39-24(11-18-7-9-30(32,33)14-18)28-37-22-6-5-21(13-23(22)38-28)27(20-3-4-20)40-26(42)12-19-15-31(34,35)16-19/h5-6,8,10,13,17-20,24,27H,3-4,7,9,11-12,14-16H2,1-2H3,(H,37,38)(H,39,43)(H,40,42)/t18-,24+,27-/m1/s1. The molecule has 0 unspecified atom stereocenters. The third-order valence-corrected chi connectivity index (χ3v) is 9.04. The third-order valence-electron chi connectivity index (χ3n) is 9.04. The molecule has 3 atom stereocenters. The first kappa shape index (κ1) is 29.6. The minimum absolute atomic E-state index is 0.0399. The molecule has 2 heterocycles. The maximum Gasteiger partial charge on any atom is 0.270 e. The first-order valence-corrected chi connectivity index (χ1v) is 15.2. The normalized spacial score (nSPS) is 22.8. The Balaban J connectivity index is 1.22. The molecule has 0 spiro atoms. The lowest BCUT2D eigenvalue weighted by molar-refractivity contribution is -0.134. The second-order valence-corrected chi connectivity index (χ2v) is 13.1. The number of alkyl halides is 4. The average molecular weight is 603 g/mol. The number of hydrogen-bond acceptors (Lipinski definition) is 4. The Morgan fingerprint density at radius 3 is 2.42 bits per heavy atom. The number of halogens is 4. The van der Waals surface area contributed by atoms with Gasteiger partial charge >= 0.3 is 0 Å². The van der Waals surface area contributed by atoms with Crippen LogP contribution in [0.2, 0.25) is 0 Å². The Hall–Kier alpha value is -3.44. The number of rotatable bonds is 11. The van der Waals surface area contributed by atoms with Crippen molar-refractivity contribution in [3.8, 4) is 0 Å². The van der Waals surface area contributed by atoms with Gasteiger partial charge in [-0.1, -0.05) is 6.07 Å². The minimum Gasteiger partial charge on any atom is -0.349 e. The Morgan fingerprint density at radius 2 is 1.77 bits per heavy atom. The molecular formula is C31H38F4N6O2. The summed E-state index contributed by atoms with van der Waals surface area (Å²) in [6.07, 6.45) is 3.37. The molecular weight excluding hydrogens is 564 g/mol. The minimum atomic E-state index is -2.71. The van der Waals surface area contributed by atoms with Crippen LogP contribution in [0.4, 0.5) is 17.6 Å². The van der Waals surface area contributed by atoms with Gasteiger partial charge in [-0.2, -0.15) is 5.10 Å². The van der Waals surface area contributed by atoms with E-state index in [2.05, 4.69) is 20.7 Å². The van der Waals surface area contributed by atoms with E-state index in [1.54, 1.807) is 16.9 Å². The molecule has 3 aliphatic carbocycles. The Labute approximate surface area is 247 Å². The van der Waals surface area contributed by atoms with Crippen LogP contribution in [-0.2, 0) is 4.79 Å². The number of amides is 2. The van der Waals surface area contributed by atoms with E-state index in [0.717, 1.165) is 18.4 Å². The van der Waals surface area contributed by atoms with E-state index < -0.39 is 17.9 Å². The molecule has 0 bridgehead atoms. The smallest absolute Gasteiger partial charge is 0.270 e. The number of hydrogen-bond donors (Lipinski definition) is 3. The van der Waals surface area contributed by atoms with E-state index in [1.165, 1.54) is 0 Å². The number of nitrogens with zero attached hydrogens (tertiary/aromatic N) is 3. The van der Waals surface area contributed by atoms with Gasteiger partial charge in [-0.15, -0.1) is 0 Å². The highest BCUT2D eigenvalue weighted by molar-refractivity contribution is 5.92. The zero-order valence-corrected chi connectivity index (χ0v) is 24.4. The number of imidazole rings is 1. The van der Waals surface area contributed by atoms with Crippen molar-refractivity contribution in [1.29, 1.82) is 0 Å². The van der Waals surface area contributed by atoms with Crippen molar-refractivity contribution in [2.45, 2.75) is 102 Å². The fourth-order valence-corrected chi connectivity index (χ4v) is 6.69. The van der Waals surface area contributed by atoms with Gasteiger partial charge in [0.25, 0.3) is 5.91 Å². The van der Waals surface area contributed by atoms with Crippen LogP contribution in [-0.4, -0.2) is 43.4 Å². The third kappa shape index (κ3) is 6.72. The molecule has 2 amide bonds. The highest BCUT2D eigenvalue weighted by atomic mass is 19.3. The van der Waals surface area contributed by atoms with E-state index in [1.807, 2.05) is 32.0 Å². The summed E-state index contributed by atoms with van der Waals surface area (Å²) < 4.78 is 56.2. The van der Waals surface area contributed by atoms with Crippen LogP contribution in [0, 0.1) is 17.8 Å². The van der Waals surface area contributed by atoms with Crippen LogP contribution >= 0.6 is 0 Å². The zero-order valence-electron chi connectivity index (χ0n) is 24.4. The predicted molar refractivity (Wildman–Crippen MR) is 152 cm³/mol. The van der Waals surface area contributed by atoms with Crippen LogP contribution in [0.1, 0.15) is 112 Å². The molecule has 12 heteroatoms. The van der Waals surface area contributed by atoms with Crippen molar-refractivity contribution in [2.75, 3.05) is 0 Å². The molecule has 3 aliphatic rings. The zero-order chi connectivity index (χ0) is 30.5. The quantitative estimate of drug-likeness (QED) is 0.214. The van der Waals surface area contributed by atoms with Crippen LogP contribution in [0.25, 0.3) is 11.0 Å². The van der Waals surface area contributed by atoms with E-state index in [0.29, 0.717) is 35.4 Å². The van der Waals surface area contributed by atoms with Gasteiger partial charge in [-0.05, 0) is 81.0 Å². The van der Waals surface area contributed by atoms with Crippen LogP contribution in [0.5, 0.6) is 0 Å². The fourth-order valence-electron chi connectivity index (χ4n) is 6.69. The van der Waals surface area contributed by atoms with E-state index in [4.69, 9.17) is 4.98 Å². The van der Waals surface area contributed by atoms with E-state index in [9.17, 15) is 27.2 Å². The Kier molecular flexibility index (Phi) is 7.75. The molecule has 0 radical (unpaired) electrons. The number of nitrogens with one attached hydrogen (secondary N) is 3. The average Bonchev–Trinajstić information content (AvgIpc) is 3.31. The second-order valence-electron chi connectivity index (χ2n) is 13.1. The number of carbonyl (C=O) groups excluding carboxylic acids is 2. The Morgan fingerprint density at radius 1 is 1.02 bits per heavy atom. The molecule has 8 nitrogen and oxygen atoms in total. The fraction of sp³-hybridized carbons (Fsp3) is 0.613. The number of aromatic nitrogens is 4. The predicted octanol–water partition coefficient (Wildman–Crippen LogP) is 6.64. The summed E-state index contributed by atoms with van der Waals surface area (Å²) in [6, 6.07) is 6.39. The number of benzene rings is 1. The van der Waals surface area contributed by atoms with Gasteiger partial charge in [0.05, 0.1) is 23.1 Å². The summed E-state index contributed by atoms with van der Waals surface area (Å²) in [5, 5.41) is 10.3. The van der Waals surface area contributed by atoms with Gasteiger partial charge in [0.15, 0.2) is 0 Å². The van der Waals surface area contributed by atoms with Crippen LogP contribution in [0.15, 0.2) is 30.5 Å². The molecule has 43 heavy (non-hydrogen) atoms. The molecule has 3 aromatic rings. The van der Waals surface area contributed by atoms with E-state index in [-0.39, 0.29) is 73.8 Å². The summed E-state index contributed by atoms with van der Waals surface area (Å²) in [4.78, 5) is 34.1. The lowest BCUT2D eigenvalue weighted by atomic mass is 9.79. The second kappa shape index (κ2) is 11.2. The van der Waals surface area contributed by atoms with Crippen molar-refractivity contribution < 1.29 is 27.2 Å². The van der Waals surface area contributed by atoms with Crippen LogP contribution < -0.4 is 10.6 Å². The van der Waals surface area contributed by atoms with Gasteiger partial charge in [-0.25, -0.2) is 22.5 Å². The molecule has 6 rings (SSSR count). The SMILES string of the molecule is CC(C)n1nccc1C(=O)N[C@@H](C[C@H]1CCC(F)(F)C1)c1nc2ccc([C@H](NC(=O)CC3CC(F)(F)C3)C3CC3)cc2[nH]1. The molecule has 0 saturated heterocycles. The highest BCUT2D eigenvalue weighted by Gasteiger charge is 2.46. The Bertz CT molecular complexity index is 1490. The molecule has 0 aliphatic heterocycles. The lowest BCUT2D eigenvalue weighted by Crippen LogP contribution is -2.39. The van der Waals surface area contributed by atoms with Crippen molar-refractivity contribution in [2.24, 2.45) is 17.8 Å². The van der Waals surface area contributed by atoms with Crippen LogP contribution in [0.3, 0.4) is 0 Å². The highest BCUT2D eigenvalue weighted by Crippen LogP contribution is 2.46. The molecule has 2 aromatic heterocycles. The topological polar surface area (TPSA) is 105 Å². The lowest BCUT2D eigenvalue weighted by Gasteiger charge is -2.34. The largest absolute Gasteiger partial charge is 0.349 e. The van der Waals surface area contributed by atoms with Crippen molar-refractivity contribution >= 4 is 22.8 Å².